The zero-order valence-electron chi connectivity index (χ0n) is 8.70. The third kappa shape index (κ3) is 1.48. The van der Waals surface area contributed by atoms with Gasteiger partial charge in [-0.15, -0.1) is 0 Å². The lowest BCUT2D eigenvalue weighted by atomic mass is 9.91. The monoisotopic (exact) mass is 182 g/mol. The van der Waals surface area contributed by atoms with Crippen LogP contribution in [0.15, 0.2) is 6.20 Å². The molecule has 0 bridgehead atoms. The molecule has 0 radical (unpaired) electrons. The van der Waals surface area contributed by atoms with Crippen LogP contribution in [0.5, 0.6) is 0 Å². The zero-order valence-corrected chi connectivity index (χ0v) is 8.70. The smallest absolute Gasteiger partial charge is 0.145 e. The van der Waals surface area contributed by atoms with E-state index in [1.54, 1.807) is 10.9 Å². The number of aromatic nitrogens is 2. The summed E-state index contributed by atoms with van der Waals surface area (Å²) in [5.74, 6) is 1.01. The molecule has 0 spiro atoms. The van der Waals surface area contributed by atoms with Crippen LogP contribution in [-0.4, -0.2) is 9.78 Å². The normalized spacial score (nSPS) is 12.4. The van der Waals surface area contributed by atoms with E-state index in [0.29, 0.717) is 17.4 Å². The van der Waals surface area contributed by atoms with Crippen molar-refractivity contribution in [1.29, 1.82) is 0 Å². The van der Waals surface area contributed by atoms with Crippen LogP contribution in [0.1, 0.15) is 27.7 Å². The van der Waals surface area contributed by atoms with Crippen LogP contribution >= 0.6 is 0 Å². The molecule has 4 heteroatoms. The van der Waals surface area contributed by atoms with Gasteiger partial charge in [0.1, 0.15) is 5.82 Å². The summed E-state index contributed by atoms with van der Waals surface area (Å²) in [4.78, 5) is 0. The molecule has 0 aliphatic carbocycles. The van der Waals surface area contributed by atoms with Crippen LogP contribution in [0.3, 0.4) is 0 Å². The average molecular weight is 182 g/mol. The van der Waals surface area contributed by atoms with Crippen molar-refractivity contribution in [2.24, 2.45) is 5.92 Å². The van der Waals surface area contributed by atoms with Gasteiger partial charge in [0.15, 0.2) is 0 Å². The van der Waals surface area contributed by atoms with E-state index in [2.05, 4.69) is 32.8 Å². The third-order valence-corrected chi connectivity index (χ3v) is 2.80. The van der Waals surface area contributed by atoms with Crippen LogP contribution in [0, 0.1) is 5.92 Å². The number of nitrogen functional groups attached to an aromatic ring is 2. The Morgan fingerprint density at radius 2 is 1.92 bits per heavy atom. The quantitative estimate of drug-likeness (QED) is 0.727. The molecule has 0 saturated carbocycles. The summed E-state index contributed by atoms with van der Waals surface area (Å²) in [5, 5.41) is 4.17. The number of nitrogens with zero attached hydrogens (tertiary/aromatic N) is 2. The average Bonchev–Trinajstić information content (AvgIpc) is 2.33. The fraction of sp³-hybridized carbons (Fsp3) is 0.667. The maximum absolute atomic E-state index is 5.80. The second-order valence-electron chi connectivity index (χ2n) is 4.21. The first-order valence-corrected chi connectivity index (χ1v) is 4.46. The molecular weight excluding hydrogens is 164 g/mol. The Hall–Kier alpha value is -1.19. The van der Waals surface area contributed by atoms with Crippen LogP contribution < -0.4 is 11.5 Å². The van der Waals surface area contributed by atoms with Crippen molar-refractivity contribution in [1.82, 2.24) is 9.78 Å². The SMILES string of the molecule is CC(C)C(C)(C)n1ncc(N)c1N. The number of hydrogen-bond donors (Lipinski definition) is 2. The molecule has 0 amide bonds. The van der Waals surface area contributed by atoms with E-state index in [1.165, 1.54) is 0 Å². The lowest BCUT2D eigenvalue weighted by molar-refractivity contribution is 0.229. The first kappa shape index (κ1) is 9.89. The number of nitrogens with two attached hydrogens (primary N) is 2. The lowest BCUT2D eigenvalue weighted by Crippen LogP contribution is -2.34. The van der Waals surface area contributed by atoms with E-state index in [9.17, 15) is 0 Å². The van der Waals surface area contributed by atoms with Gasteiger partial charge in [-0.05, 0) is 19.8 Å². The van der Waals surface area contributed by atoms with E-state index >= 15 is 0 Å². The van der Waals surface area contributed by atoms with E-state index < -0.39 is 0 Å². The third-order valence-electron chi connectivity index (χ3n) is 2.80. The molecule has 0 unspecified atom stereocenters. The Balaban J connectivity index is 3.14. The standard InChI is InChI=1S/C9H18N4/c1-6(2)9(3,4)13-8(11)7(10)5-12-13/h5-6H,10-11H2,1-4H3. The Kier molecular flexibility index (Phi) is 2.24. The Morgan fingerprint density at radius 1 is 1.38 bits per heavy atom. The van der Waals surface area contributed by atoms with E-state index in [4.69, 9.17) is 11.5 Å². The molecule has 1 aromatic rings. The lowest BCUT2D eigenvalue weighted by Gasteiger charge is -2.30. The summed E-state index contributed by atoms with van der Waals surface area (Å²) >= 11 is 0. The number of hydrogen-bond acceptors (Lipinski definition) is 3. The molecule has 0 fully saturated rings. The largest absolute Gasteiger partial charge is 0.394 e. The van der Waals surface area contributed by atoms with Crippen LogP contribution in [0.2, 0.25) is 0 Å². The van der Waals surface area contributed by atoms with Gasteiger partial charge in [0.25, 0.3) is 0 Å². The minimum absolute atomic E-state index is 0.0955. The minimum Gasteiger partial charge on any atom is -0.394 e. The fourth-order valence-corrected chi connectivity index (χ4v) is 1.07. The van der Waals surface area contributed by atoms with Gasteiger partial charge in [0.05, 0.1) is 17.4 Å². The van der Waals surface area contributed by atoms with E-state index in [0.717, 1.165) is 0 Å². The van der Waals surface area contributed by atoms with Crippen LogP contribution in [0.4, 0.5) is 11.5 Å². The summed E-state index contributed by atoms with van der Waals surface area (Å²) in [5.41, 5.74) is 11.9. The van der Waals surface area contributed by atoms with Crippen LogP contribution in [0.25, 0.3) is 0 Å². The van der Waals surface area contributed by atoms with Gasteiger partial charge >= 0.3 is 0 Å². The Bertz CT molecular complexity index is 299. The fourth-order valence-electron chi connectivity index (χ4n) is 1.07. The van der Waals surface area contributed by atoms with Crippen molar-refractivity contribution in [2.45, 2.75) is 33.2 Å². The predicted octanol–water partition coefficient (Wildman–Crippen LogP) is 1.44. The molecule has 0 aliphatic heterocycles. The summed E-state index contributed by atoms with van der Waals surface area (Å²) in [6.45, 7) is 8.47. The van der Waals surface area contributed by atoms with E-state index in [-0.39, 0.29) is 5.54 Å². The summed E-state index contributed by atoms with van der Waals surface area (Å²) in [7, 11) is 0. The molecule has 0 atom stereocenters. The van der Waals surface area contributed by atoms with Gasteiger partial charge in [-0.1, -0.05) is 13.8 Å². The van der Waals surface area contributed by atoms with Crippen molar-refractivity contribution in [2.75, 3.05) is 11.5 Å². The maximum atomic E-state index is 5.80. The van der Waals surface area contributed by atoms with Gasteiger partial charge in [-0.25, -0.2) is 4.68 Å². The minimum atomic E-state index is -0.0955. The molecule has 1 heterocycles. The second-order valence-corrected chi connectivity index (χ2v) is 4.21. The van der Waals surface area contributed by atoms with Crippen molar-refractivity contribution in [3.8, 4) is 0 Å². The second kappa shape index (κ2) is 2.94. The molecule has 1 aromatic heterocycles. The molecule has 4 nitrogen and oxygen atoms in total. The summed E-state index contributed by atoms with van der Waals surface area (Å²) in [6.07, 6.45) is 1.60. The number of anilines is 2. The van der Waals surface area contributed by atoms with Gasteiger partial charge in [0, 0.05) is 0 Å². The Morgan fingerprint density at radius 3 is 2.23 bits per heavy atom. The molecule has 0 aromatic carbocycles. The molecule has 0 aliphatic rings. The van der Waals surface area contributed by atoms with Crippen molar-refractivity contribution < 1.29 is 0 Å². The highest BCUT2D eigenvalue weighted by Crippen LogP contribution is 2.29. The first-order chi connectivity index (χ1) is 5.87. The van der Waals surface area contributed by atoms with Crippen molar-refractivity contribution >= 4 is 11.5 Å². The highest BCUT2D eigenvalue weighted by molar-refractivity contribution is 5.57. The zero-order chi connectivity index (χ0) is 10.2. The number of rotatable bonds is 2. The van der Waals surface area contributed by atoms with E-state index in [1.807, 2.05) is 0 Å². The van der Waals surface area contributed by atoms with Crippen LogP contribution in [-0.2, 0) is 5.54 Å². The van der Waals surface area contributed by atoms with Gasteiger partial charge in [-0.2, -0.15) is 5.10 Å². The molecule has 13 heavy (non-hydrogen) atoms. The maximum Gasteiger partial charge on any atom is 0.145 e. The molecule has 74 valence electrons. The van der Waals surface area contributed by atoms with Gasteiger partial charge in [0.2, 0.25) is 0 Å². The topological polar surface area (TPSA) is 69.9 Å². The van der Waals surface area contributed by atoms with Crippen molar-refractivity contribution in [3.63, 3.8) is 0 Å². The molecule has 1 rings (SSSR count). The highest BCUT2D eigenvalue weighted by Gasteiger charge is 2.27. The van der Waals surface area contributed by atoms with Crippen molar-refractivity contribution in [3.05, 3.63) is 6.20 Å². The van der Waals surface area contributed by atoms with Gasteiger partial charge < -0.3 is 11.5 Å². The first-order valence-electron chi connectivity index (χ1n) is 4.46. The summed E-state index contributed by atoms with van der Waals surface area (Å²) < 4.78 is 1.78. The summed E-state index contributed by atoms with van der Waals surface area (Å²) in [6, 6.07) is 0. The predicted molar refractivity (Wildman–Crippen MR) is 55.2 cm³/mol. The van der Waals surface area contributed by atoms with Gasteiger partial charge in [-0.3, -0.25) is 0 Å². The molecule has 0 saturated heterocycles. The molecular formula is C9H18N4. The highest BCUT2D eigenvalue weighted by atomic mass is 15.4. The molecule has 4 N–H and O–H groups in total. The Labute approximate surface area is 78.9 Å².